The van der Waals surface area contributed by atoms with Crippen LogP contribution >= 0.6 is 0 Å². The number of hydrogen-bond donors (Lipinski definition) is 1. The van der Waals surface area contributed by atoms with E-state index in [1.807, 2.05) is 6.92 Å². The zero-order valence-electron chi connectivity index (χ0n) is 10.7. The Hall–Kier alpha value is -1.06. The largest absolute Gasteiger partial charge is 0.481 e. The summed E-state index contributed by atoms with van der Waals surface area (Å²) in [6.07, 6.45) is 5.01. The Morgan fingerprint density at radius 2 is 2.06 bits per heavy atom. The molecule has 0 amide bonds. The molecule has 1 unspecified atom stereocenters. The third-order valence-electron chi connectivity index (χ3n) is 5.30. The van der Waals surface area contributed by atoms with Crippen molar-refractivity contribution in [3.05, 3.63) is 0 Å². The van der Waals surface area contributed by atoms with Gasteiger partial charge >= 0.3 is 11.9 Å². The maximum atomic E-state index is 11.8. The zero-order chi connectivity index (χ0) is 12.9. The van der Waals surface area contributed by atoms with Crippen LogP contribution < -0.4 is 0 Å². The van der Waals surface area contributed by atoms with Crippen LogP contribution in [-0.4, -0.2) is 23.1 Å². The van der Waals surface area contributed by atoms with Crippen LogP contribution in [0.4, 0.5) is 0 Å². The number of carbonyl (C=O) groups is 2. The predicted octanol–water partition coefficient (Wildman–Crippen LogP) is 2.08. The Bertz CT molecular complexity index is 378. The number of esters is 1. The SMILES string of the molecule is C[C@H]1OC(=O)[C@@H]2C[C@@H]3CCCCC3[C@H](C(=O)O)[C@H]12. The van der Waals surface area contributed by atoms with E-state index in [2.05, 4.69) is 0 Å². The second kappa shape index (κ2) is 4.25. The maximum Gasteiger partial charge on any atom is 0.309 e. The van der Waals surface area contributed by atoms with Crippen LogP contribution in [0.1, 0.15) is 39.0 Å². The molecule has 0 aromatic carbocycles. The summed E-state index contributed by atoms with van der Waals surface area (Å²) in [6, 6.07) is 0. The van der Waals surface area contributed by atoms with Gasteiger partial charge in [-0.1, -0.05) is 19.3 Å². The normalized spacial score (nSPS) is 47.1. The first-order chi connectivity index (χ1) is 8.59. The fraction of sp³-hybridized carbons (Fsp3) is 0.857. The highest BCUT2D eigenvalue weighted by Crippen LogP contribution is 2.52. The van der Waals surface area contributed by atoms with Crippen LogP contribution in [-0.2, 0) is 14.3 Å². The first-order valence-electron chi connectivity index (χ1n) is 7.03. The van der Waals surface area contributed by atoms with Gasteiger partial charge in [-0.2, -0.15) is 0 Å². The molecule has 1 saturated heterocycles. The molecule has 3 aliphatic rings. The number of carboxylic acids is 1. The third kappa shape index (κ3) is 1.65. The van der Waals surface area contributed by atoms with Crippen molar-refractivity contribution in [2.45, 2.75) is 45.1 Å². The molecule has 0 radical (unpaired) electrons. The molecular formula is C14H20O4. The van der Waals surface area contributed by atoms with Gasteiger partial charge in [0.1, 0.15) is 6.10 Å². The molecule has 1 heterocycles. The molecule has 0 bridgehead atoms. The number of rotatable bonds is 1. The summed E-state index contributed by atoms with van der Waals surface area (Å²) in [5.74, 6) is -0.867. The van der Waals surface area contributed by atoms with Crippen molar-refractivity contribution in [1.82, 2.24) is 0 Å². The van der Waals surface area contributed by atoms with Crippen molar-refractivity contribution in [3.63, 3.8) is 0 Å². The molecule has 1 aliphatic heterocycles. The van der Waals surface area contributed by atoms with Gasteiger partial charge in [-0.05, 0) is 31.6 Å². The third-order valence-corrected chi connectivity index (χ3v) is 5.30. The molecule has 0 aromatic heterocycles. The van der Waals surface area contributed by atoms with Crippen molar-refractivity contribution in [2.75, 3.05) is 0 Å². The van der Waals surface area contributed by atoms with E-state index >= 15 is 0 Å². The van der Waals surface area contributed by atoms with Gasteiger partial charge < -0.3 is 9.84 Å². The molecule has 3 fully saturated rings. The molecule has 100 valence electrons. The maximum absolute atomic E-state index is 11.8. The molecule has 4 nitrogen and oxygen atoms in total. The summed E-state index contributed by atoms with van der Waals surface area (Å²) in [5, 5.41) is 9.56. The Labute approximate surface area is 107 Å². The van der Waals surface area contributed by atoms with Crippen LogP contribution in [0.5, 0.6) is 0 Å². The molecule has 1 N–H and O–H groups in total. The van der Waals surface area contributed by atoms with E-state index in [0.29, 0.717) is 5.92 Å². The summed E-state index contributed by atoms with van der Waals surface area (Å²) < 4.78 is 5.29. The topological polar surface area (TPSA) is 63.6 Å². The Kier molecular flexibility index (Phi) is 2.83. The highest BCUT2D eigenvalue weighted by molar-refractivity contribution is 5.79. The minimum absolute atomic E-state index is 0.102. The van der Waals surface area contributed by atoms with Crippen molar-refractivity contribution < 1.29 is 19.4 Å². The first kappa shape index (κ1) is 12.0. The monoisotopic (exact) mass is 252 g/mol. The highest BCUT2D eigenvalue weighted by Gasteiger charge is 2.56. The van der Waals surface area contributed by atoms with E-state index in [1.165, 1.54) is 6.42 Å². The van der Waals surface area contributed by atoms with Crippen molar-refractivity contribution in [2.24, 2.45) is 29.6 Å². The standard InChI is InChI=1S/C14H20O4/c1-7-11-10(14(17)18-7)6-8-4-2-3-5-9(8)12(11)13(15)16/h7-12H,2-6H2,1H3,(H,15,16)/t7-,8+,9?,10-,11-,12+/m1/s1. The number of hydrogen-bond acceptors (Lipinski definition) is 3. The first-order valence-corrected chi connectivity index (χ1v) is 7.03. The Balaban J connectivity index is 1.94. The second-order valence-corrected chi connectivity index (χ2v) is 6.13. The van der Waals surface area contributed by atoms with Gasteiger partial charge in [0, 0.05) is 5.92 Å². The number of aliphatic carboxylic acids is 1. The van der Waals surface area contributed by atoms with Crippen LogP contribution in [0.15, 0.2) is 0 Å². The summed E-state index contributed by atoms with van der Waals surface area (Å²) in [5.41, 5.74) is 0. The number of carboxylic acid groups (broad SMARTS) is 1. The van der Waals surface area contributed by atoms with Gasteiger partial charge in [-0.15, -0.1) is 0 Å². The summed E-state index contributed by atoms with van der Waals surface area (Å²) in [7, 11) is 0. The summed E-state index contributed by atoms with van der Waals surface area (Å²) in [4.78, 5) is 23.5. The minimum atomic E-state index is -0.730. The molecule has 18 heavy (non-hydrogen) atoms. The van der Waals surface area contributed by atoms with Gasteiger partial charge in [0.15, 0.2) is 0 Å². The molecule has 0 aromatic rings. The fourth-order valence-electron chi connectivity index (χ4n) is 4.59. The van der Waals surface area contributed by atoms with Crippen molar-refractivity contribution >= 4 is 11.9 Å². The van der Waals surface area contributed by atoms with Gasteiger partial charge in [0.2, 0.25) is 0 Å². The number of ether oxygens (including phenoxy) is 1. The van der Waals surface area contributed by atoms with E-state index in [-0.39, 0.29) is 35.7 Å². The fourth-order valence-corrected chi connectivity index (χ4v) is 4.59. The van der Waals surface area contributed by atoms with Crippen molar-refractivity contribution in [1.29, 1.82) is 0 Å². The lowest BCUT2D eigenvalue weighted by Crippen LogP contribution is -2.47. The van der Waals surface area contributed by atoms with Gasteiger partial charge in [-0.3, -0.25) is 9.59 Å². The number of cyclic esters (lactones) is 1. The van der Waals surface area contributed by atoms with Crippen LogP contribution in [0.2, 0.25) is 0 Å². The number of fused-ring (bicyclic) bond motifs is 2. The van der Waals surface area contributed by atoms with Gasteiger partial charge in [0.25, 0.3) is 0 Å². The molecule has 3 rings (SSSR count). The van der Waals surface area contributed by atoms with Gasteiger partial charge in [-0.25, -0.2) is 0 Å². The zero-order valence-corrected chi connectivity index (χ0v) is 10.7. The quantitative estimate of drug-likeness (QED) is 0.726. The summed E-state index contributed by atoms with van der Waals surface area (Å²) >= 11 is 0. The lowest BCUT2D eigenvalue weighted by Gasteiger charge is -2.44. The van der Waals surface area contributed by atoms with E-state index in [9.17, 15) is 14.7 Å². The lowest BCUT2D eigenvalue weighted by molar-refractivity contribution is -0.152. The predicted molar refractivity (Wildman–Crippen MR) is 63.7 cm³/mol. The van der Waals surface area contributed by atoms with Crippen LogP contribution in [0, 0.1) is 29.6 Å². The molecule has 2 saturated carbocycles. The molecule has 2 aliphatic carbocycles. The molecular weight excluding hydrogens is 232 g/mol. The molecule has 4 heteroatoms. The van der Waals surface area contributed by atoms with E-state index < -0.39 is 5.97 Å². The second-order valence-electron chi connectivity index (χ2n) is 6.13. The molecule has 6 atom stereocenters. The van der Waals surface area contributed by atoms with Crippen molar-refractivity contribution in [3.8, 4) is 0 Å². The Morgan fingerprint density at radius 1 is 1.33 bits per heavy atom. The number of carbonyl (C=O) groups excluding carboxylic acids is 1. The average Bonchev–Trinajstić information content (AvgIpc) is 2.62. The van der Waals surface area contributed by atoms with Gasteiger partial charge in [0.05, 0.1) is 11.8 Å². The van der Waals surface area contributed by atoms with Crippen LogP contribution in [0.3, 0.4) is 0 Å². The van der Waals surface area contributed by atoms with E-state index in [0.717, 1.165) is 25.7 Å². The van der Waals surface area contributed by atoms with E-state index in [1.54, 1.807) is 0 Å². The average molecular weight is 252 g/mol. The minimum Gasteiger partial charge on any atom is -0.481 e. The lowest BCUT2D eigenvalue weighted by atomic mass is 9.57. The molecule has 0 spiro atoms. The van der Waals surface area contributed by atoms with Crippen LogP contribution in [0.25, 0.3) is 0 Å². The smallest absolute Gasteiger partial charge is 0.309 e. The highest BCUT2D eigenvalue weighted by atomic mass is 16.6. The van der Waals surface area contributed by atoms with E-state index in [4.69, 9.17) is 4.74 Å². The Morgan fingerprint density at radius 3 is 2.78 bits per heavy atom. The summed E-state index contributed by atoms with van der Waals surface area (Å²) in [6.45, 7) is 1.85.